The van der Waals surface area contributed by atoms with Gasteiger partial charge < -0.3 is 9.30 Å². The molecule has 4 rings (SSSR count). The molecule has 4 heteroatoms. The monoisotopic (exact) mass is 435 g/mol. The first-order chi connectivity index (χ1) is 16.1. The van der Waals surface area contributed by atoms with E-state index >= 15 is 0 Å². The highest BCUT2D eigenvalue weighted by molar-refractivity contribution is 5.99. The zero-order valence-electron chi connectivity index (χ0n) is 18.7. The van der Waals surface area contributed by atoms with Crippen molar-refractivity contribution in [3.05, 3.63) is 129 Å². The number of hydrogen-bond acceptors (Lipinski definition) is 3. The van der Waals surface area contributed by atoms with Crippen molar-refractivity contribution in [2.75, 3.05) is 7.11 Å². The minimum Gasteiger partial charge on any atom is -0.465 e. The molecular formula is C29H25NO3. The van der Waals surface area contributed by atoms with Crippen LogP contribution in [0.5, 0.6) is 0 Å². The summed E-state index contributed by atoms with van der Waals surface area (Å²) in [5.41, 5.74) is 5.37. The molecule has 0 atom stereocenters. The molecule has 0 bridgehead atoms. The van der Waals surface area contributed by atoms with Crippen LogP contribution in [0, 0.1) is 6.92 Å². The predicted octanol–water partition coefficient (Wildman–Crippen LogP) is 5.83. The maximum Gasteiger partial charge on any atom is 0.338 e. The van der Waals surface area contributed by atoms with Crippen LogP contribution in [0.15, 0.2) is 95.9 Å². The van der Waals surface area contributed by atoms with Gasteiger partial charge in [-0.25, -0.2) is 4.79 Å². The highest BCUT2D eigenvalue weighted by Crippen LogP contribution is 2.30. The van der Waals surface area contributed by atoms with E-state index in [1.807, 2.05) is 104 Å². The molecule has 164 valence electrons. The van der Waals surface area contributed by atoms with E-state index in [1.165, 1.54) is 7.11 Å². The van der Waals surface area contributed by atoms with Crippen molar-refractivity contribution in [1.29, 1.82) is 0 Å². The zero-order chi connectivity index (χ0) is 23.2. The van der Waals surface area contributed by atoms with E-state index < -0.39 is 5.97 Å². The molecule has 0 aliphatic carbocycles. The van der Waals surface area contributed by atoms with Crippen molar-refractivity contribution in [2.45, 2.75) is 13.5 Å². The fourth-order valence-corrected chi connectivity index (χ4v) is 3.89. The number of rotatable bonds is 6. The summed E-state index contributed by atoms with van der Waals surface area (Å²) >= 11 is 0. The second kappa shape index (κ2) is 9.96. The topological polar surface area (TPSA) is 48.3 Å². The van der Waals surface area contributed by atoms with E-state index in [-0.39, 0.29) is 5.56 Å². The van der Waals surface area contributed by atoms with E-state index in [4.69, 9.17) is 4.74 Å². The summed E-state index contributed by atoms with van der Waals surface area (Å²) in [6.07, 6.45) is 5.77. The fraction of sp³-hybridized carbons (Fsp3) is 0.103. The standard InChI is InChI=1S/C29H25NO3/c1-21-24(18-17-22-11-5-3-6-12-22)27(25-15-9-10-16-26(25)29(32)33-2)20-30(28(21)31)19-23-13-7-4-8-14-23/h3-18,20H,19H2,1-2H3/b18-17+. The Morgan fingerprint density at radius 2 is 1.48 bits per heavy atom. The van der Waals surface area contributed by atoms with E-state index in [0.29, 0.717) is 17.7 Å². The average Bonchev–Trinajstić information content (AvgIpc) is 2.87. The summed E-state index contributed by atoms with van der Waals surface area (Å²) in [6.45, 7) is 2.27. The lowest BCUT2D eigenvalue weighted by atomic mass is 9.93. The maximum atomic E-state index is 13.3. The lowest BCUT2D eigenvalue weighted by Crippen LogP contribution is -2.24. The number of hydrogen-bond donors (Lipinski definition) is 0. The Kier molecular flexibility index (Phi) is 6.65. The summed E-state index contributed by atoms with van der Waals surface area (Å²) in [7, 11) is 1.37. The summed E-state index contributed by atoms with van der Waals surface area (Å²) in [4.78, 5) is 25.8. The summed E-state index contributed by atoms with van der Waals surface area (Å²) in [5, 5.41) is 0. The van der Waals surface area contributed by atoms with Gasteiger partial charge in [-0.15, -0.1) is 0 Å². The molecule has 1 aromatic heterocycles. The van der Waals surface area contributed by atoms with E-state index in [2.05, 4.69) is 0 Å². The van der Waals surface area contributed by atoms with Crippen molar-refractivity contribution >= 4 is 18.1 Å². The molecule has 0 fully saturated rings. The molecule has 33 heavy (non-hydrogen) atoms. The molecule has 0 saturated heterocycles. The summed E-state index contributed by atoms with van der Waals surface area (Å²) in [5.74, 6) is -0.415. The first-order valence-corrected chi connectivity index (χ1v) is 10.8. The second-order valence-corrected chi connectivity index (χ2v) is 7.78. The van der Waals surface area contributed by atoms with Crippen LogP contribution in [-0.2, 0) is 11.3 Å². The van der Waals surface area contributed by atoms with Gasteiger partial charge in [0, 0.05) is 17.3 Å². The second-order valence-electron chi connectivity index (χ2n) is 7.78. The van der Waals surface area contributed by atoms with E-state index in [9.17, 15) is 9.59 Å². The Morgan fingerprint density at radius 1 is 0.848 bits per heavy atom. The number of pyridine rings is 1. The first-order valence-electron chi connectivity index (χ1n) is 10.8. The average molecular weight is 436 g/mol. The van der Waals surface area contributed by atoms with Gasteiger partial charge in [0.1, 0.15) is 0 Å². The quantitative estimate of drug-likeness (QED) is 0.358. The van der Waals surface area contributed by atoms with Crippen LogP contribution < -0.4 is 5.56 Å². The number of benzene rings is 3. The number of carbonyl (C=O) groups excluding carboxylic acids is 1. The number of nitrogens with zero attached hydrogens (tertiary/aromatic N) is 1. The Labute approximate surface area is 193 Å². The van der Waals surface area contributed by atoms with Crippen molar-refractivity contribution < 1.29 is 9.53 Å². The van der Waals surface area contributed by atoms with Gasteiger partial charge in [0.25, 0.3) is 5.56 Å². The highest BCUT2D eigenvalue weighted by atomic mass is 16.5. The van der Waals surface area contributed by atoms with Crippen molar-refractivity contribution in [3.8, 4) is 11.1 Å². The SMILES string of the molecule is COC(=O)c1ccccc1-c1cn(Cc2ccccc2)c(=O)c(C)c1/C=C/c1ccccc1. The zero-order valence-corrected chi connectivity index (χ0v) is 18.7. The molecule has 0 radical (unpaired) electrons. The van der Waals surface area contributed by atoms with E-state index in [1.54, 1.807) is 10.6 Å². The minimum absolute atomic E-state index is 0.0640. The van der Waals surface area contributed by atoms with Crippen molar-refractivity contribution in [3.63, 3.8) is 0 Å². The normalized spacial score (nSPS) is 11.0. The molecule has 4 nitrogen and oxygen atoms in total. The van der Waals surface area contributed by atoms with Crippen molar-refractivity contribution in [1.82, 2.24) is 4.57 Å². The molecule has 0 N–H and O–H groups in total. The molecule has 1 heterocycles. The lowest BCUT2D eigenvalue weighted by Gasteiger charge is -2.17. The van der Waals surface area contributed by atoms with Gasteiger partial charge in [0.15, 0.2) is 0 Å². The summed E-state index contributed by atoms with van der Waals surface area (Å²) in [6, 6.07) is 27.1. The number of ether oxygens (including phenoxy) is 1. The molecule has 0 amide bonds. The highest BCUT2D eigenvalue weighted by Gasteiger charge is 2.18. The van der Waals surface area contributed by atoms with Crippen LogP contribution in [0.3, 0.4) is 0 Å². The van der Waals surface area contributed by atoms with Gasteiger partial charge in [-0.2, -0.15) is 0 Å². The number of aromatic nitrogens is 1. The largest absolute Gasteiger partial charge is 0.465 e. The number of methoxy groups -OCH3 is 1. The molecule has 0 aliphatic heterocycles. The predicted molar refractivity (Wildman–Crippen MR) is 133 cm³/mol. The van der Waals surface area contributed by atoms with Crippen LogP contribution in [0.2, 0.25) is 0 Å². The minimum atomic E-state index is -0.415. The van der Waals surface area contributed by atoms with Gasteiger partial charge in [-0.1, -0.05) is 91.0 Å². The van der Waals surface area contributed by atoms with Crippen molar-refractivity contribution in [2.24, 2.45) is 0 Å². The first kappa shape index (κ1) is 22.0. The Morgan fingerprint density at radius 3 is 2.18 bits per heavy atom. The number of carbonyl (C=O) groups is 1. The Balaban J connectivity index is 1.93. The van der Waals surface area contributed by atoms with Gasteiger partial charge >= 0.3 is 5.97 Å². The summed E-state index contributed by atoms with van der Waals surface area (Å²) < 4.78 is 6.72. The molecule has 4 aromatic rings. The molecular weight excluding hydrogens is 410 g/mol. The molecule has 0 aliphatic rings. The van der Waals surface area contributed by atoms with E-state index in [0.717, 1.165) is 27.8 Å². The molecule has 3 aromatic carbocycles. The van der Waals surface area contributed by atoms with Crippen LogP contribution >= 0.6 is 0 Å². The number of esters is 1. The third kappa shape index (κ3) is 4.85. The molecule has 0 saturated carbocycles. The van der Waals surface area contributed by atoms with Crippen LogP contribution in [-0.4, -0.2) is 17.6 Å². The van der Waals surface area contributed by atoms with Crippen LogP contribution in [0.4, 0.5) is 0 Å². The third-order valence-corrected chi connectivity index (χ3v) is 5.62. The smallest absolute Gasteiger partial charge is 0.338 e. The van der Waals surface area contributed by atoms with Crippen LogP contribution in [0.25, 0.3) is 23.3 Å². The van der Waals surface area contributed by atoms with Gasteiger partial charge in [0.2, 0.25) is 0 Å². The maximum absolute atomic E-state index is 13.3. The fourth-order valence-electron chi connectivity index (χ4n) is 3.89. The molecule has 0 spiro atoms. The van der Waals surface area contributed by atoms with Gasteiger partial charge in [0.05, 0.1) is 19.2 Å². The van der Waals surface area contributed by atoms with Gasteiger partial charge in [-0.05, 0) is 35.2 Å². The van der Waals surface area contributed by atoms with Gasteiger partial charge in [-0.3, -0.25) is 4.79 Å². The third-order valence-electron chi connectivity index (χ3n) is 5.62. The Bertz CT molecular complexity index is 1350. The Hall–Kier alpha value is -4.18. The van der Waals surface area contributed by atoms with Crippen LogP contribution in [0.1, 0.15) is 32.6 Å². The molecule has 0 unspecified atom stereocenters. The lowest BCUT2D eigenvalue weighted by molar-refractivity contribution is 0.0601.